The summed E-state index contributed by atoms with van der Waals surface area (Å²) >= 11 is 0. The van der Waals surface area contributed by atoms with Gasteiger partial charge in [-0.2, -0.15) is 5.10 Å². The minimum atomic E-state index is 0.954. The van der Waals surface area contributed by atoms with Crippen molar-refractivity contribution in [3.63, 3.8) is 0 Å². The molecule has 10 rings (SSSR count). The third kappa shape index (κ3) is 6.12. The zero-order chi connectivity index (χ0) is 37.3. The van der Waals surface area contributed by atoms with Gasteiger partial charge < -0.3 is 4.90 Å². The second kappa shape index (κ2) is 14.4. The van der Waals surface area contributed by atoms with Gasteiger partial charge in [0.25, 0.3) is 0 Å². The predicted molar refractivity (Wildman–Crippen MR) is 235 cm³/mol. The van der Waals surface area contributed by atoms with Crippen LogP contribution < -0.4 is 4.90 Å². The second-order valence-electron chi connectivity index (χ2n) is 14.1. The lowest BCUT2D eigenvalue weighted by molar-refractivity contribution is 0.979. The van der Waals surface area contributed by atoms with Crippen LogP contribution in [0.25, 0.3) is 72.2 Å². The molecule has 0 radical (unpaired) electrons. The van der Waals surface area contributed by atoms with E-state index in [9.17, 15) is 0 Å². The first kappa shape index (κ1) is 33.1. The molecule has 0 unspecified atom stereocenters. The lowest BCUT2D eigenvalue weighted by atomic mass is 9.96. The molecule has 0 aliphatic heterocycles. The van der Waals surface area contributed by atoms with Gasteiger partial charge in [-0.3, -0.25) is 0 Å². The van der Waals surface area contributed by atoms with Gasteiger partial charge in [0, 0.05) is 39.1 Å². The standard InChI is InChI=1S/C53H37N3/c1-7-19-38(20-8-1)44-33-45(39-21-9-2-10-22-39)35-48(34-44)55(46-29-17-6-18-30-46)47-32-31-43-36-50(40-23-11-3-12-24-40)56-53(49(43)37-47)51(41-25-13-4-14-26-41)52(54-56)42-27-15-5-16-28-42/h1-37H. The van der Waals surface area contributed by atoms with E-state index in [1.54, 1.807) is 0 Å². The molecular weight excluding hydrogens is 679 g/mol. The lowest BCUT2D eigenvalue weighted by Gasteiger charge is -2.27. The van der Waals surface area contributed by atoms with Crippen molar-refractivity contribution in [1.29, 1.82) is 0 Å². The largest absolute Gasteiger partial charge is 0.310 e. The molecule has 10 aromatic rings. The van der Waals surface area contributed by atoms with Crippen LogP contribution in [0.3, 0.4) is 0 Å². The smallest absolute Gasteiger partial charge is 0.101 e. The molecule has 0 N–H and O–H groups in total. The molecule has 3 heteroatoms. The van der Waals surface area contributed by atoms with Crippen LogP contribution in [0, 0.1) is 0 Å². The Kier molecular flexibility index (Phi) is 8.51. The zero-order valence-corrected chi connectivity index (χ0v) is 30.7. The predicted octanol–water partition coefficient (Wildman–Crippen LogP) is 14.3. The highest BCUT2D eigenvalue weighted by atomic mass is 15.2. The molecule has 0 fully saturated rings. The number of fused-ring (bicyclic) bond motifs is 3. The monoisotopic (exact) mass is 715 g/mol. The van der Waals surface area contributed by atoms with Crippen molar-refractivity contribution >= 4 is 33.4 Å². The van der Waals surface area contributed by atoms with Crippen LogP contribution in [0.1, 0.15) is 0 Å². The molecule has 0 spiro atoms. The van der Waals surface area contributed by atoms with Gasteiger partial charge in [-0.1, -0.05) is 176 Å². The van der Waals surface area contributed by atoms with Crippen molar-refractivity contribution in [1.82, 2.24) is 9.61 Å². The molecule has 0 saturated heterocycles. The SMILES string of the molecule is c1ccc(-c2cc(-c3ccccc3)cc(N(c3ccccc3)c3ccc4cc(-c5ccccc5)n5nc(-c6ccccc6)c(-c6ccccc6)c5c4c3)c2)cc1. The third-order valence-corrected chi connectivity index (χ3v) is 10.5. The van der Waals surface area contributed by atoms with E-state index in [0.717, 1.165) is 78.1 Å². The molecule has 2 aromatic heterocycles. The number of hydrogen-bond acceptors (Lipinski definition) is 2. The number of benzene rings is 8. The number of nitrogens with zero attached hydrogens (tertiary/aromatic N) is 3. The maximum absolute atomic E-state index is 5.47. The highest BCUT2D eigenvalue weighted by Crippen LogP contribution is 2.44. The Morgan fingerprint density at radius 1 is 0.339 bits per heavy atom. The normalized spacial score (nSPS) is 11.2. The quantitative estimate of drug-likeness (QED) is 0.156. The highest BCUT2D eigenvalue weighted by molar-refractivity contribution is 6.10. The Labute approximate surface area is 327 Å². The summed E-state index contributed by atoms with van der Waals surface area (Å²) in [6.45, 7) is 0. The fraction of sp³-hybridized carbons (Fsp3) is 0. The summed E-state index contributed by atoms with van der Waals surface area (Å²) in [5.41, 5.74) is 15.4. The average molecular weight is 716 g/mol. The van der Waals surface area contributed by atoms with Gasteiger partial charge in [0.1, 0.15) is 5.69 Å². The number of anilines is 3. The van der Waals surface area contributed by atoms with E-state index in [1.807, 2.05) is 0 Å². The number of hydrogen-bond donors (Lipinski definition) is 0. The van der Waals surface area contributed by atoms with E-state index in [2.05, 4.69) is 234 Å². The van der Waals surface area contributed by atoms with Crippen LogP contribution in [-0.4, -0.2) is 9.61 Å². The van der Waals surface area contributed by atoms with E-state index in [0.29, 0.717) is 0 Å². The van der Waals surface area contributed by atoms with Crippen LogP contribution in [0.4, 0.5) is 17.1 Å². The minimum Gasteiger partial charge on any atom is -0.310 e. The lowest BCUT2D eigenvalue weighted by Crippen LogP contribution is -2.10. The number of aromatic nitrogens is 2. The molecule has 0 aliphatic carbocycles. The first-order chi connectivity index (χ1) is 27.8. The maximum Gasteiger partial charge on any atom is 0.101 e. The Hall–Kier alpha value is -7.49. The summed E-state index contributed by atoms with van der Waals surface area (Å²) < 4.78 is 2.17. The van der Waals surface area contributed by atoms with Crippen LogP contribution in [-0.2, 0) is 0 Å². The van der Waals surface area contributed by atoms with Crippen molar-refractivity contribution in [2.45, 2.75) is 0 Å². The molecule has 56 heavy (non-hydrogen) atoms. The Morgan fingerprint density at radius 3 is 1.38 bits per heavy atom. The summed E-state index contributed by atoms with van der Waals surface area (Å²) in [6, 6.07) is 80.0. The van der Waals surface area contributed by atoms with Crippen LogP contribution in [0.15, 0.2) is 224 Å². The van der Waals surface area contributed by atoms with E-state index in [-0.39, 0.29) is 0 Å². The molecule has 0 amide bonds. The van der Waals surface area contributed by atoms with Crippen LogP contribution in [0.5, 0.6) is 0 Å². The topological polar surface area (TPSA) is 20.5 Å². The van der Waals surface area contributed by atoms with Crippen molar-refractivity contribution in [2.24, 2.45) is 0 Å². The molecule has 8 aromatic carbocycles. The molecule has 0 bridgehead atoms. The fourth-order valence-corrected chi connectivity index (χ4v) is 7.91. The van der Waals surface area contributed by atoms with E-state index >= 15 is 0 Å². The molecule has 0 saturated carbocycles. The zero-order valence-electron chi connectivity index (χ0n) is 30.7. The highest BCUT2D eigenvalue weighted by Gasteiger charge is 2.23. The average Bonchev–Trinajstić information content (AvgIpc) is 3.69. The van der Waals surface area contributed by atoms with Crippen molar-refractivity contribution in [2.75, 3.05) is 4.90 Å². The fourth-order valence-electron chi connectivity index (χ4n) is 7.91. The van der Waals surface area contributed by atoms with Gasteiger partial charge in [-0.05, 0) is 81.7 Å². The number of pyridine rings is 1. The van der Waals surface area contributed by atoms with Gasteiger partial charge in [0.05, 0.1) is 11.2 Å². The summed E-state index contributed by atoms with van der Waals surface area (Å²) in [5, 5.41) is 7.74. The summed E-state index contributed by atoms with van der Waals surface area (Å²) in [6.07, 6.45) is 0. The van der Waals surface area contributed by atoms with Gasteiger partial charge in [0.2, 0.25) is 0 Å². The van der Waals surface area contributed by atoms with Crippen LogP contribution >= 0.6 is 0 Å². The Bertz CT molecular complexity index is 2870. The first-order valence-corrected chi connectivity index (χ1v) is 19.1. The first-order valence-electron chi connectivity index (χ1n) is 19.1. The Balaban J connectivity index is 1.28. The van der Waals surface area contributed by atoms with Gasteiger partial charge >= 0.3 is 0 Å². The van der Waals surface area contributed by atoms with E-state index in [1.165, 1.54) is 11.1 Å². The van der Waals surface area contributed by atoms with Crippen molar-refractivity contribution in [3.05, 3.63) is 224 Å². The van der Waals surface area contributed by atoms with Gasteiger partial charge in [-0.25, -0.2) is 4.52 Å². The van der Waals surface area contributed by atoms with Crippen LogP contribution in [0.2, 0.25) is 0 Å². The molecule has 3 nitrogen and oxygen atoms in total. The second-order valence-corrected chi connectivity index (χ2v) is 14.1. The number of para-hydroxylation sites is 1. The summed E-state index contributed by atoms with van der Waals surface area (Å²) in [4.78, 5) is 2.39. The Morgan fingerprint density at radius 2 is 0.821 bits per heavy atom. The van der Waals surface area contributed by atoms with Crippen molar-refractivity contribution < 1.29 is 0 Å². The number of rotatable bonds is 8. The summed E-state index contributed by atoms with van der Waals surface area (Å²) in [5.74, 6) is 0. The summed E-state index contributed by atoms with van der Waals surface area (Å²) in [7, 11) is 0. The molecular formula is C53H37N3. The van der Waals surface area contributed by atoms with E-state index < -0.39 is 0 Å². The minimum absolute atomic E-state index is 0.954. The molecule has 0 aliphatic rings. The molecule has 2 heterocycles. The van der Waals surface area contributed by atoms with Crippen molar-refractivity contribution in [3.8, 4) is 55.9 Å². The van der Waals surface area contributed by atoms with E-state index in [4.69, 9.17) is 5.10 Å². The maximum atomic E-state index is 5.47. The third-order valence-electron chi connectivity index (χ3n) is 10.5. The van der Waals surface area contributed by atoms with Gasteiger partial charge in [-0.15, -0.1) is 0 Å². The molecule has 264 valence electrons. The molecule has 0 atom stereocenters. The van der Waals surface area contributed by atoms with Gasteiger partial charge in [0.15, 0.2) is 0 Å².